The molecule has 1 atom stereocenters. The highest BCUT2D eigenvalue weighted by Gasteiger charge is 2.30. The molecule has 1 aliphatic rings. The monoisotopic (exact) mass is 283 g/mol. The Labute approximate surface area is 127 Å². The second-order valence-electron chi connectivity index (χ2n) is 8.17. The quantitative estimate of drug-likeness (QED) is 0.775. The Morgan fingerprint density at radius 2 is 1.70 bits per heavy atom. The van der Waals surface area contributed by atoms with Crippen molar-refractivity contribution in [2.45, 2.75) is 66.5 Å². The molecule has 0 aromatic heterocycles. The van der Waals surface area contributed by atoms with Gasteiger partial charge in [0.15, 0.2) is 0 Å². The van der Waals surface area contributed by atoms with Gasteiger partial charge in [0.25, 0.3) is 0 Å². The Morgan fingerprint density at radius 1 is 1.10 bits per heavy atom. The van der Waals surface area contributed by atoms with Crippen LogP contribution in [0.5, 0.6) is 0 Å². The van der Waals surface area contributed by atoms with Gasteiger partial charge < -0.3 is 10.2 Å². The van der Waals surface area contributed by atoms with E-state index in [1.165, 1.54) is 39.1 Å². The molecule has 1 rings (SSSR count). The first-order valence-electron chi connectivity index (χ1n) is 8.38. The highest BCUT2D eigenvalue weighted by atomic mass is 15.3. The zero-order chi connectivity index (χ0) is 15.4. The summed E-state index contributed by atoms with van der Waals surface area (Å²) in [5.41, 5.74) is 0.553. The summed E-state index contributed by atoms with van der Waals surface area (Å²) >= 11 is 0. The van der Waals surface area contributed by atoms with E-state index in [0.717, 1.165) is 12.6 Å². The lowest BCUT2D eigenvalue weighted by Crippen LogP contribution is -2.46. The van der Waals surface area contributed by atoms with Crippen molar-refractivity contribution < 1.29 is 0 Å². The van der Waals surface area contributed by atoms with Gasteiger partial charge in [0, 0.05) is 31.2 Å². The fourth-order valence-corrected chi connectivity index (χ4v) is 3.16. The molecule has 0 radical (unpaired) electrons. The third-order valence-electron chi connectivity index (χ3n) is 4.33. The molecule has 1 fully saturated rings. The van der Waals surface area contributed by atoms with Crippen molar-refractivity contribution in [2.24, 2.45) is 5.41 Å². The van der Waals surface area contributed by atoms with Gasteiger partial charge in [-0.15, -0.1) is 0 Å². The molecule has 0 aliphatic carbocycles. The van der Waals surface area contributed by atoms with Crippen molar-refractivity contribution in [1.82, 2.24) is 15.1 Å². The van der Waals surface area contributed by atoms with E-state index in [1.54, 1.807) is 0 Å². The lowest BCUT2D eigenvalue weighted by atomic mass is 9.91. The Bertz CT molecular complexity index is 276. The van der Waals surface area contributed by atoms with Crippen LogP contribution >= 0.6 is 0 Å². The zero-order valence-corrected chi connectivity index (χ0v) is 14.9. The van der Waals surface area contributed by atoms with E-state index >= 15 is 0 Å². The first-order chi connectivity index (χ1) is 9.17. The maximum atomic E-state index is 3.66. The Hall–Kier alpha value is -0.120. The predicted octanol–water partition coefficient (Wildman–Crippen LogP) is 2.82. The molecule has 1 heterocycles. The molecular weight excluding hydrogens is 246 g/mol. The van der Waals surface area contributed by atoms with Crippen molar-refractivity contribution in [3.05, 3.63) is 0 Å². The number of nitrogens with one attached hydrogen (secondary N) is 1. The van der Waals surface area contributed by atoms with E-state index in [-0.39, 0.29) is 5.54 Å². The van der Waals surface area contributed by atoms with Crippen LogP contribution in [0.1, 0.15) is 54.9 Å². The van der Waals surface area contributed by atoms with E-state index in [1.807, 2.05) is 0 Å². The summed E-state index contributed by atoms with van der Waals surface area (Å²) in [6, 6.07) is 0.774. The minimum atomic E-state index is 0.214. The van der Waals surface area contributed by atoms with Crippen LogP contribution in [0, 0.1) is 5.41 Å². The molecule has 1 N–H and O–H groups in total. The van der Waals surface area contributed by atoms with Crippen molar-refractivity contribution in [3.63, 3.8) is 0 Å². The first kappa shape index (κ1) is 17.9. The molecule has 0 spiro atoms. The number of hydrogen-bond donors (Lipinski definition) is 1. The standard InChI is InChI=1S/C17H37N3/c1-8-20(9-2)15-10-11-19(12-15)14-17(6,7)13-18-16(3,4)5/h15,18H,8-14H2,1-7H3. The summed E-state index contributed by atoms with van der Waals surface area (Å²) in [4.78, 5) is 5.27. The minimum absolute atomic E-state index is 0.214. The third kappa shape index (κ3) is 6.11. The number of hydrogen-bond acceptors (Lipinski definition) is 3. The highest BCUT2D eigenvalue weighted by Crippen LogP contribution is 2.22. The molecule has 0 saturated carbocycles. The molecular formula is C17H37N3. The van der Waals surface area contributed by atoms with Gasteiger partial charge in [-0.1, -0.05) is 27.7 Å². The average Bonchev–Trinajstić information content (AvgIpc) is 2.75. The van der Waals surface area contributed by atoms with Crippen molar-refractivity contribution >= 4 is 0 Å². The number of likely N-dealkylation sites (tertiary alicyclic amines) is 1. The van der Waals surface area contributed by atoms with E-state index < -0.39 is 0 Å². The topological polar surface area (TPSA) is 18.5 Å². The average molecular weight is 284 g/mol. The number of likely N-dealkylation sites (N-methyl/N-ethyl adjacent to an activating group) is 1. The summed E-state index contributed by atoms with van der Waals surface area (Å²) in [7, 11) is 0. The van der Waals surface area contributed by atoms with E-state index in [2.05, 4.69) is 63.6 Å². The number of rotatable bonds is 7. The van der Waals surface area contributed by atoms with Crippen LogP contribution in [0.2, 0.25) is 0 Å². The summed E-state index contributed by atoms with van der Waals surface area (Å²) in [5.74, 6) is 0. The SMILES string of the molecule is CCN(CC)C1CCN(CC(C)(C)CNC(C)(C)C)C1. The molecule has 0 aromatic carbocycles. The van der Waals surface area contributed by atoms with Crippen molar-refractivity contribution in [2.75, 3.05) is 39.3 Å². The van der Waals surface area contributed by atoms with Crippen molar-refractivity contribution in [3.8, 4) is 0 Å². The van der Waals surface area contributed by atoms with Gasteiger partial charge >= 0.3 is 0 Å². The number of nitrogens with zero attached hydrogens (tertiary/aromatic N) is 2. The smallest absolute Gasteiger partial charge is 0.0235 e. The Balaban J connectivity index is 2.41. The summed E-state index contributed by atoms with van der Waals surface area (Å²) in [5, 5.41) is 3.66. The van der Waals surface area contributed by atoms with Crippen LogP contribution < -0.4 is 5.32 Å². The van der Waals surface area contributed by atoms with Gasteiger partial charge in [0.05, 0.1) is 0 Å². The van der Waals surface area contributed by atoms with Gasteiger partial charge in [0.2, 0.25) is 0 Å². The molecule has 20 heavy (non-hydrogen) atoms. The van der Waals surface area contributed by atoms with Crippen LogP contribution in [-0.2, 0) is 0 Å². The molecule has 1 aliphatic heterocycles. The van der Waals surface area contributed by atoms with Gasteiger partial charge in [-0.25, -0.2) is 0 Å². The fourth-order valence-electron chi connectivity index (χ4n) is 3.16. The molecule has 3 heteroatoms. The summed E-state index contributed by atoms with van der Waals surface area (Å²) < 4.78 is 0. The maximum Gasteiger partial charge on any atom is 0.0235 e. The third-order valence-corrected chi connectivity index (χ3v) is 4.33. The molecule has 1 saturated heterocycles. The van der Waals surface area contributed by atoms with E-state index in [4.69, 9.17) is 0 Å². The predicted molar refractivity (Wildman–Crippen MR) is 89.3 cm³/mol. The minimum Gasteiger partial charge on any atom is -0.311 e. The summed E-state index contributed by atoms with van der Waals surface area (Å²) in [6.07, 6.45) is 1.34. The molecule has 1 unspecified atom stereocenters. The molecule has 3 nitrogen and oxygen atoms in total. The van der Waals surface area contributed by atoms with Crippen LogP contribution in [0.3, 0.4) is 0 Å². The van der Waals surface area contributed by atoms with Crippen LogP contribution in [0.25, 0.3) is 0 Å². The normalized spacial score (nSPS) is 21.9. The Kier molecular flexibility index (Phi) is 6.49. The molecule has 0 amide bonds. The van der Waals surface area contributed by atoms with Gasteiger partial charge in [-0.05, 0) is 52.2 Å². The van der Waals surface area contributed by atoms with Gasteiger partial charge in [-0.2, -0.15) is 0 Å². The highest BCUT2D eigenvalue weighted by molar-refractivity contribution is 4.87. The van der Waals surface area contributed by atoms with E-state index in [9.17, 15) is 0 Å². The van der Waals surface area contributed by atoms with Crippen LogP contribution in [-0.4, -0.2) is 60.6 Å². The molecule has 0 aromatic rings. The van der Waals surface area contributed by atoms with E-state index in [0.29, 0.717) is 5.41 Å². The lowest BCUT2D eigenvalue weighted by Gasteiger charge is -2.34. The molecule has 120 valence electrons. The summed E-state index contributed by atoms with van der Waals surface area (Å²) in [6.45, 7) is 23.2. The van der Waals surface area contributed by atoms with Crippen LogP contribution in [0.4, 0.5) is 0 Å². The fraction of sp³-hybridized carbons (Fsp3) is 1.00. The first-order valence-corrected chi connectivity index (χ1v) is 8.38. The second-order valence-corrected chi connectivity index (χ2v) is 8.17. The van der Waals surface area contributed by atoms with Crippen LogP contribution in [0.15, 0.2) is 0 Å². The lowest BCUT2D eigenvalue weighted by molar-refractivity contribution is 0.168. The van der Waals surface area contributed by atoms with Gasteiger partial charge in [0.1, 0.15) is 0 Å². The maximum absolute atomic E-state index is 3.66. The Morgan fingerprint density at radius 3 is 2.20 bits per heavy atom. The van der Waals surface area contributed by atoms with Crippen molar-refractivity contribution in [1.29, 1.82) is 0 Å². The van der Waals surface area contributed by atoms with Gasteiger partial charge in [-0.3, -0.25) is 4.90 Å². The zero-order valence-electron chi connectivity index (χ0n) is 14.9. The second kappa shape index (κ2) is 7.24. The molecule has 0 bridgehead atoms. The largest absolute Gasteiger partial charge is 0.311 e.